The van der Waals surface area contributed by atoms with E-state index in [4.69, 9.17) is 0 Å². The van der Waals surface area contributed by atoms with Crippen molar-refractivity contribution in [3.05, 3.63) is 131 Å². The minimum absolute atomic E-state index is 0.128. The van der Waals surface area contributed by atoms with Gasteiger partial charge >= 0.3 is 0 Å². The van der Waals surface area contributed by atoms with Gasteiger partial charge in [0.05, 0.1) is 47.4 Å². The summed E-state index contributed by atoms with van der Waals surface area (Å²) in [6.07, 6.45) is 8.68. The predicted molar refractivity (Wildman–Crippen MR) is 155 cm³/mol. The Bertz CT molecular complexity index is 1640. The van der Waals surface area contributed by atoms with E-state index < -0.39 is 5.41 Å². The van der Waals surface area contributed by atoms with Gasteiger partial charge in [0.25, 0.3) is 0 Å². The van der Waals surface area contributed by atoms with Gasteiger partial charge in [0, 0.05) is 19.2 Å². The third kappa shape index (κ3) is 5.18. The molecule has 2 atom stereocenters. The number of allylic oxidation sites excluding steroid dienone is 2. The molecule has 0 radical (unpaired) electrons. The molecule has 3 aromatic carbocycles. The summed E-state index contributed by atoms with van der Waals surface area (Å²) in [5, 5.41) is 23.6. The molecule has 0 amide bonds. The molecule has 5 heteroatoms. The SMILES string of the molecule is Cc1ccccc1-c1cc(CNC(C2=CCC(C)(C#N)C(c3ccccc3)=C2)c2cncn2C)ccc1C#N. The Kier molecular flexibility index (Phi) is 7.28. The highest BCUT2D eigenvalue weighted by atomic mass is 15.1. The smallest absolute Gasteiger partial charge is 0.0998 e. The van der Waals surface area contributed by atoms with Crippen LogP contribution < -0.4 is 5.32 Å². The van der Waals surface area contributed by atoms with E-state index in [1.807, 2.05) is 73.5 Å². The Labute approximate surface area is 230 Å². The molecule has 39 heavy (non-hydrogen) atoms. The van der Waals surface area contributed by atoms with E-state index in [0.717, 1.165) is 44.7 Å². The number of rotatable bonds is 7. The predicted octanol–water partition coefficient (Wildman–Crippen LogP) is 7.04. The molecule has 0 bridgehead atoms. The van der Waals surface area contributed by atoms with Crippen LogP contribution in [0.2, 0.25) is 0 Å². The minimum atomic E-state index is -0.600. The normalized spacial score (nSPS) is 17.5. The van der Waals surface area contributed by atoms with Crippen molar-refractivity contribution in [2.45, 2.75) is 32.9 Å². The lowest BCUT2D eigenvalue weighted by atomic mass is 9.72. The van der Waals surface area contributed by atoms with E-state index in [9.17, 15) is 10.5 Å². The highest BCUT2D eigenvalue weighted by molar-refractivity contribution is 5.77. The maximum absolute atomic E-state index is 10.1. The summed E-state index contributed by atoms with van der Waals surface area (Å²) in [5.74, 6) is 0. The van der Waals surface area contributed by atoms with E-state index in [1.54, 1.807) is 0 Å². The molecule has 1 aromatic heterocycles. The van der Waals surface area contributed by atoms with Crippen molar-refractivity contribution >= 4 is 5.57 Å². The van der Waals surface area contributed by atoms with Crippen LogP contribution in [0.5, 0.6) is 0 Å². The van der Waals surface area contributed by atoms with Crippen molar-refractivity contribution in [1.82, 2.24) is 14.9 Å². The van der Waals surface area contributed by atoms with E-state index >= 15 is 0 Å². The van der Waals surface area contributed by atoms with Crippen molar-refractivity contribution in [3.8, 4) is 23.3 Å². The van der Waals surface area contributed by atoms with Crippen molar-refractivity contribution < 1.29 is 0 Å². The van der Waals surface area contributed by atoms with E-state index in [2.05, 4.69) is 71.8 Å². The van der Waals surface area contributed by atoms with Crippen LogP contribution >= 0.6 is 0 Å². The molecule has 0 fully saturated rings. The van der Waals surface area contributed by atoms with Crippen LogP contribution in [0.4, 0.5) is 0 Å². The quantitative estimate of drug-likeness (QED) is 0.290. The molecular formula is C34H31N5. The van der Waals surface area contributed by atoms with Crippen LogP contribution in [0.15, 0.2) is 103 Å². The number of imidazole rings is 1. The first-order valence-electron chi connectivity index (χ1n) is 13.1. The second-order valence-electron chi connectivity index (χ2n) is 10.3. The van der Waals surface area contributed by atoms with Gasteiger partial charge in [-0.2, -0.15) is 10.5 Å². The van der Waals surface area contributed by atoms with Crippen molar-refractivity contribution in [2.75, 3.05) is 0 Å². The highest BCUT2D eigenvalue weighted by Gasteiger charge is 2.34. The first kappa shape index (κ1) is 25.9. The molecule has 4 aromatic rings. The molecule has 1 aliphatic rings. The van der Waals surface area contributed by atoms with Crippen LogP contribution in [-0.4, -0.2) is 9.55 Å². The van der Waals surface area contributed by atoms with Crippen LogP contribution in [0, 0.1) is 35.0 Å². The number of hydrogen-bond acceptors (Lipinski definition) is 4. The monoisotopic (exact) mass is 509 g/mol. The number of aromatic nitrogens is 2. The zero-order valence-corrected chi connectivity index (χ0v) is 22.5. The summed E-state index contributed by atoms with van der Waals surface area (Å²) in [4.78, 5) is 4.39. The number of benzene rings is 3. The molecule has 0 spiro atoms. The van der Waals surface area contributed by atoms with Crippen LogP contribution in [0.1, 0.15) is 47.3 Å². The Hall–Kier alpha value is -4.71. The fraction of sp³-hybridized carbons (Fsp3) is 0.206. The molecule has 1 N–H and O–H groups in total. The van der Waals surface area contributed by atoms with E-state index in [-0.39, 0.29) is 6.04 Å². The van der Waals surface area contributed by atoms with E-state index in [0.29, 0.717) is 18.5 Å². The summed E-state index contributed by atoms with van der Waals surface area (Å²) in [7, 11) is 2.00. The Morgan fingerprint density at radius 2 is 1.79 bits per heavy atom. The lowest BCUT2D eigenvalue weighted by Crippen LogP contribution is -2.27. The molecule has 0 saturated carbocycles. The van der Waals surface area contributed by atoms with Gasteiger partial charge in [0.15, 0.2) is 0 Å². The van der Waals surface area contributed by atoms with Gasteiger partial charge in [-0.25, -0.2) is 4.98 Å². The lowest BCUT2D eigenvalue weighted by Gasteiger charge is -2.31. The Morgan fingerprint density at radius 3 is 2.49 bits per heavy atom. The molecule has 0 aliphatic heterocycles. The third-order valence-electron chi connectivity index (χ3n) is 7.62. The fourth-order valence-electron chi connectivity index (χ4n) is 5.30. The van der Waals surface area contributed by atoms with Gasteiger partial charge in [-0.05, 0) is 65.8 Å². The van der Waals surface area contributed by atoms with Crippen LogP contribution in [0.25, 0.3) is 16.7 Å². The average molecular weight is 510 g/mol. The number of nitriles is 2. The molecule has 192 valence electrons. The second-order valence-corrected chi connectivity index (χ2v) is 10.3. The number of nitrogens with one attached hydrogen (secondary N) is 1. The molecule has 0 saturated heterocycles. The molecule has 1 aliphatic carbocycles. The fourth-order valence-corrected chi connectivity index (χ4v) is 5.30. The topological polar surface area (TPSA) is 77.4 Å². The number of nitrogens with zero attached hydrogens (tertiary/aromatic N) is 4. The van der Waals surface area contributed by atoms with Crippen molar-refractivity contribution in [3.63, 3.8) is 0 Å². The first-order chi connectivity index (χ1) is 18.9. The minimum Gasteiger partial charge on any atom is -0.336 e. The largest absolute Gasteiger partial charge is 0.336 e. The van der Waals surface area contributed by atoms with Crippen molar-refractivity contribution in [2.24, 2.45) is 12.5 Å². The maximum Gasteiger partial charge on any atom is 0.0998 e. The zero-order valence-electron chi connectivity index (χ0n) is 22.5. The van der Waals surface area contributed by atoms with E-state index in [1.165, 1.54) is 0 Å². The van der Waals surface area contributed by atoms with Gasteiger partial charge in [0.2, 0.25) is 0 Å². The summed E-state index contributed by atoms with van der Waals surface area (Å²) >= 11 is 0. The highest BCUT2D eigenvalue weighted by Crippen LogP contribution is 2.44. The van der Waals surface area contributed by atoms with Gasteiger partial charge < -0.3 is 9.88 Å². The Balaban J connectivity index is 1.51. The summed E-state index contributed by atoms with van der Waals surface area (Å²) < 4.78 is 2.03. The average Bonchev–Trinajstić information content (AvgIpc) is 3.40. The lowest BCUT2D eigenvalue weighted by molar-refractivity contribution is 0.547. The van der Waals surface area contributed by atoms with Gasteiger partial charge in [-0.1, -0.05) is 72.8 Å². The van der Waals surface area contributed by atoms with Crippen LogP contribution in [-0.2, 0) is 13.6 Å². The summed E-state index contributed by atoms with van der Waals surface area (Å²) in [6.45, 7) is 4.68. The van der Waals surface area contributed by atoms with Gasteiger partial charge in [-0.3, -0.25) is 0 Å². The Morgan fingerprint density at radius 1 is 1.03 bits per heavy atom. The molecule has 5 rings (SSSR count). The molecular weight excluding hydrogens is 478 g/mol. The number of hydrogen-bond donors (Lipinski definition) is 1. The zero-order chi connectivity index (χ0) is 27.4. The summed E-state index contributed by atoms with van der Waals surface area (Å²) in [5.41, 5.74) is 8.54. The van der Waals surface area contributed by atoms with Gasteiger partial charge in [-0.15, -0.1) is 0 Å². The van der Waals surface area contributed by atoms with Crippen LogP contribution in [0.3, 0.4) is 0 Å². The molecule has 2 unspecified atom stereocenters. The first-order valence-corrected chi connectivity index (χ1v) is 13.1. The number of aryl methyl sites for hydroxylation is 2. The molecule has 1 heterocycles. The second kappa shape index (κ2) is 11.0. The third-order valence-corrected chi connectivity index (χ3v) is 7.62. The summed E-state index contributed by atoms with van der Waals surface area (Å²) in [6, 6.07) is 29.1. The standard InChI is InChI=1S/C34H31N5/c1-24-9-7-8-12-29(24)30-17-25(13-14-28(30)19-35)20-38-33(32-21-37-23-39(32)3)27-15-16-34(2,22-36)31(18-27)26-10-5-4-6-11-26/h4-15,17-18,21,23,33,38H,16,20H2,1-3H3. The molecule has 5 nitrogen and oxygen atoms in total. The van der Waals surface area contributed by atoms with Gasteiger partial charge in [0.1, 0.15) is 0 Å². The van der Waals surface area contributed by atoms with Crippen molar-refractivity contribution in [1.29, 1.82) is 10.5 Å². The maximum atomic E-state index is 10.1.